The third-order valence-corrected chi connectivity index (χ3v) is 4.02. The minimum Gasteiger partial charge on any atom is -0.314 e. The van der Waals surface area contributed by atoms with E-state index in [4.69, 9.17) is 11.6 Å². The summed E-state index contributed by atoms with van der Waals surface area (Å²) in [5.41, 5.74) is 0.850. The number of halogens is 1. The molecule has 0 spiro atoms. The first-order valence-electron chi connectivity index (χ1n) is 7.13. The molecule has 0 saturated carbocycles. The summed E-state index contributed by atoms with van der Waals surface area (Å²) >= 11 is 6.06. The summed E-state index contributed by atoms with van der Waals surface area (Å²) < 4.78 is 0. The zero-order valence-corrected chi connectivity index (χ0v) is 12.7. The van der Waals surface area contributed by atoms with Gasteiger partial charge in [-0.05, 0) is 25.0 Å². The van der Waals surface area contributed by atoms with Gasteiger partial charge in [-0.3, -0.25) is 15.0 Å². The smallest absolute Gasteiger partial charge is 0.274 e. The Balaban J connectivity index is 2.36. The van der Waals surface area contributed by atoms with Gasteiger partial charge in [-0.25, -0.2) is 0 Å². The summed E-state index contributed by atoms with van der Waals surface area (Å²) in [6, 6.07) is 4.81. The zero-order chi connectivity index (χ0) is 15.2. The molecule has 1 fully saturated rings. The molecular weight excluding hydrogens is 290 g/mol. The van der Waals surface area contributed by atoms with Gasteiger partial charge in [-0.2, -0.15) is 0 Å². The highest BCUT2D eigenvalue weighted by molar-refractivity contribution is 6.30. The van der Waals surface area contributed by atoms with E-state index in [0.717, 1.165) is 39.0 Å². The van der Waals surface area contributed by atoms with Gasteiger partial charge in [0.1, 0.15) is 0 Å². The SMILES string of the molecule is C=CCC[C@H](c1cc(Cl)ccc1[N+](=O)[O-])N1CCNCC1. The first-order chi connectivity index (χ1) is 10.1. The molecule has 1 aliphatic rings. The Morgan fingerprint density at radius 2 is 2.19 bits per heavy atom. The lowest BCUT2D eigenvalue weighted by molar-refractivity contribution is -0.386. The van der Waals surface area contributed by atoms with E-state index in [-0.39, 0.29) is 16.7 Å². The number of hydrogen-bond donors (Lipinski definition) is 1. The number of hydrogen-bond acceptors (Lipinski definition) is 4. The molecule has 21 heavy (non-hydrogen) atoms. The molecule has 0 unspecified atom stereocenters. The van der Waals surface area contributed by atoms with Crippen molar-refractivity contribution in [3.63, 3.8) is 0 Å². The van der Waals surface area contributed by atoms with Gasteiger partial charge >= 0.3 is 0 Å². The van der Waals surface area contributed by atoms with Gasteiger partial charge in [-0.1, -0.05) is 17.7 Å². The van der Waals surface area contributed by atoms with Crippen molar-refractivity contribution >= 4 is 17.3 Å². The van der Waals surface area contributed by atoms with Crippen molar-refractivity contribution in [2.75, 3.05) is 26.2 Å². The Morgan fingerprint density at radius 1 is 1.48 bits per heavy atom. The topological polar surface area (TPSA) is 58.4 Å². The molecule has 1 aromatic carbocycles. The van der Waals surface area contributed by atoms with Crippen molar-refractivity contribution in [2.24, 2.45) is 0 Å². The predicted molar refractivity (Wildman–Crippen MR) is 84.7 cm³/mol. The van der Waals surface area contributed by atoms with Crippen LogP contribution in [0.5, 0.6) is 0 Å². The van der Waals surface area contributed by atoms with Crippen LogP contribution in [0.3, 0.4) is 0 Å². The van der Waals surface area contributed by atoms with Gasteiger partial charge in [0.15, 0.2) is 0 Å². The van der Waals surface area contributed by atoms with Gasteiger partial charge in [0.25, 0.3) is 5.69 Å². The van der Waals surface area contributed by atoms with E-state index in [1.54, 1.807) is 12.1 Å². The Kier molecular flexibility index (Phi) is 5.73. The van der Waals surface area contributed by atoms with Crippen LogP contribution in [0, 0.1) is 10.1 Å². The standard InChI is InChI=1S/C15H20ClN3O2/c1-2-3-4-14(18-9-7-17-8-10-18)13-11-12(16)5-6-15(13)19(20)21/h2,5-6,11,14,17H,1,3-4,7-10H2/t14-/m1/s1. The van der Waals surface area contributed by atoms with E-state index in [0.29, 0.717) is 10.6 Å². The first-order valence-corrected chi connectivity index (χ1v) is 7.50. The van der Waals surface area contributed by atoms with Gasteiger partial charge < -0.3 is 5.32 Å². The zero-order valence-electron chi connectivity index (χ0n) is 11.9. The van der Waals surface area contributed by atoms with Gasteiger partial charge in [0.2, 0.25) is 0 Å². The maximum Gasteiger partial charge on any atom is 0.274 e. The summed E-state index contributed by atoms with van der Waals surface area (Å²) in [7, 11) is 0. The molecule has 1 atom stereocenters. The molecule has 2 rings (SSSR count). The van der Waals surface area contributed by atoms with Crippen LogP contribution in [0.1, 0.15) is 24.4 Å². The molecular formula is C15H20ClN3O2. The van der Waals surface area contributed by atoms with Crippen LogP contribution in [0.4, 0.5) is 5.69 Å². The fourth-order valence-corrected chi connectivity index (χ4v) is 2.94. The number of nitrogens with zero attached hydrogens (tertiary/aromatic N) is 2. The Hall–Kier alpha value is -1.43. The van der Waals surface area contributed by atoms with E-state index in [1.807, 2.05) is 6.08 Å². The molecule has 1 N–H and O–H groups in total. The van der Waals surface area contributed by atoms with E-state index in [9.17, 15) is 10.1 Å². The minimum atomic E-state index is -0.325. The van der Waals surface area contributed by atoms with Crippen molar-refractivity contribution < 1.29 is 4.92 Å². The van der Waals surface area contributed by atoms with Gasteiger partial charge in [0.05, 0.1) is 4.92 Å². The molecule has 114 valence electrons. The van der Waals surface area contributed by atoms with Gasteiger partial charge in [-0.15, -0.1) is 6.58 Å². The van der Waals surface area contributed by atoms with Crippen molar-refractivity contribution in [1.82, 2.24) is 10.2 Å². The number of nitro benzene ring substituents is 1. The summed E-state index contributed by atoms with van der Waals surface area (Å²) in [5.74, 6) is 0. The maximum absolute atomic E-state index is 11.3. The number of nitrogens with one attached hydrogen (secondary N) is 1. The normalized spacial score (nSPS) is 17.4. The number of benzene rings is 1. The molecule has 1 aliphatic heterocycles. The van der Waals surface area contributed by atoms with Gasteiger partial charge in [0, 0.05) is 48.9 Å². The summed E-state index contributed by atoms with van der Waals surface area (Å²) in [4.78, 5) is 13.3. The molecule has 0 amide bonds. The second-order valence-corrected chi connectivity index (χ2v) is 5.56. The lowest BCUT2D eigenvalue weighted by Crippen LogP contribution is -2.45. The summed E-state index contributed by atoms with van der Waals surface area (Å²) in [6.45, 7) is 7.32. The lowest BCUT2D eigenvalue weighted by Gasteiger charge is -2.35. The summed E-state index contributed by atoms with van der Waals surface area (Å²) in [6.07, 6.45) is 3.48. The fourth-order valence-electron chi connectivity index (χ4n) is 2.76. The third kappa shape index (κ3) is 4.03. The maximum atomic E-state index is 11.3. The highest BCUT2D eigenvalue weighted by atomic mass is 35.5. The van der Waals surface area contributed by atoms with Crippen molar-refractivity contribution in [3.8, 4) is 0 Å². The largest absolute Gasteiger partial charge is 0.314 e. The Bertz CT molecular complexity index is 516. The van der Waals surface area contributed by atoms with Crippen molar-refractivity contribution in [1.29, 1.82) is 0 Å². The molecule has 5 nitrogen and oxygen atoms in total. The monoisotopic (exact) mass is 309 g/mol. The highest BCUT2D eigenvalue weighted by Crippen LogP contribution is 2.34. The highest BCUT2D eigenvalue weighted by Gasteiger charge is 2.28. The molecule has 0 bridgehead atoms. The Morgan fingerprint density at radius 3 is 2.81 bits per heavy atom. The van der Waals surface area contributed by atoms with E-state index in [1.165, 1.54) is 6.07 Å². The molecule has 1 heterocycles. The van der Waals surface area contributed by atoms with E-state index < -0.39 is 0 Å². The molecule has 0 aliphatic carbocycles. The van der Waals surface area contributed by atoms with Crippen LogP contribution in [0.25, 0.3) is 0 Å². The lowest BCUT2D eigenvalue weighted by atomic mass is 9.97. The second-order valence-electron chi connectivity index (χ2n) is 5.13. The minimum absolute atomic E-state index is 0.00389. The number of allylic oxidation sites excluding steroid dienone is 1. The van der Waals surface area contributed by atoms with Crippen LogP contribution in [-0.2, 0) is 0 Å². The molecule has 1 saturated heterocycles. The number of piperazine rings is 1. The molecule has 0 aromatic heterocycles. The molecule has 1 aromatic rings. The fraction of sp³-hybridized carbons (Fsp3) is 0.467. The van der Waals surface area contributed by atoms with Crippen molar-refractivity contribution in [2.45, 2.75) is 18.9 Å². The average molecular weight is 310 g/mol. The van der Waals surface area contributed by atoms with E-state index >= 15 is 0 Å². The number of rotatable bonds is 6. The van der Waals surface area contributed by atoms with Crippen LogP contribution >= 0.6 is 11.6 Å². The Labute approximate surface area is 129 Å². The van der Waals surface area contributed by atoms with Crippen LogP contribution < -0.4 is 5.32 Å². The van der Waals surface area contributed by atoms with Crippen molar-refractivity contribution in [3.05, 3.63) is 51.6 Å². The predicted octanol–water partition coefficient (Wildman–Crippen LogP) is 3.16. The molecule has 6 heteroatoms. The average Bonchev–Trinajstić information content (AvgIpc) is 2.48. The quantitative estimate of drug-likeness (QED) is 0.498. The van der Waals surface area contributed by atoms with Crippen LogP contribution in [0.2, 0.25) is 5.02 Å². The second kappa shape index (κ2) is 7.54. The van der Waals surface area contributed by atoms with Crippen LogP contribution in [-0.4, -0.2) is 36.0 Å². The first kappa shape index (κ1) is 15.9. The third-order valence-electron chi connectivity index (χ3n) is 3.78. The van der Waals surface area contributed by atoms with E-state index in [2.05, 4.69) is 16.8 Å². The summed E-state index contributed by atoms with van der Waals surface area (Å²) in [5, 5.41) is 15.1. The molecule has 0 radical (unpaired) electrons. The number of nitro groups is 1. The van der Waals surface area contributed by atoms with Crippen LogP contribution in [0.15, 0.2) is 30.9 Å².